The van der Waals surface area contributed by atoms with Crippen molar-refractivity contribution in [2.45, 2.75) is 18.9 Å². The molecule has 1 aliphatic heterocycles. The highest BCUT2D eigenvalue weighted by molar-refractivity contribution is 7.17. The molecule has 18 heavy (non-hydrogen) atoms. The second-order valence-corrected chi connectivity index (χ2v) is 5.97. The lowest BCUT2D eigenvalue weighted by Crippen LogP contribution is -2.37. The van der Waals surface area contributed by atoms with Gasteiger partial charge >= 0.3 is 0 Å². The Bertz CT molecular complexity index is 514. The Balaban J connectivity index is 1.95. The molecule has 0 saturated carbocycles. The van der Waals surface area contributed by atoms with Gasteiger partial charge in [-0.2, -0.15) is 0 Å². The Morgan fingerprint density at radius 3 is 3.06 bits per heavy atom. The van der Waals surface area contributed by atoms with Gasteiger partial charge in [0, 0.05) is 10.7 Å². The van der Waals surface area contributed by atoms with E-state index in [1.54, 1.807) is 0 Å². The zero-order valence-electron chi connectivity index (χ0n) is 10.8. The van der Waals surface area contributed by atoms with E-state index in [0.717, 1.165) is 6.54 Å². The maximum atomic E-state index is 3.53. The average Bonchev–Trinajstić information content (AvgIpc) is 2.85. The molecular weight excluding hydrogens is 240 g/mol. The summed E-state index contributed by atoms with van der Waals surface area (Å²) in [6.45, 7) is 2.31. The van der Waals surface area contributed by atoms with E-state index in [0.29, 0.717) is 12.0 Å². The van der Waals surface area contributed by atoms with Crippen LogP contribution in [0.1, 0.15) is 24.4 Å². The Hall–Kier alpha value is -0.900. The summed E-state index contributed by atoms with van der Waals surface area (Å²) in [6, 6.07) is 9.22. The van der Waals surface area contributed by atoms with Crippen LogP contribution in [0.15, 0.2) is 29.6 Å². The summed E-state index contributed by atoms with van der Waals surface area (Å²) in [4.78, 5) is 0. The van der Waals surface area contributed by atoms with Crippen LogP contribution in [-0.4, -0.2) is 20.1 Å². The van der Waals surface area contributed by atoms with Gasteiger partial charge in [0.2, 0.25) is 0 Å². The van der Waals surface area contributed by atoms with Gasteiger partial charge in [-0.05, 0) is 61.3 Å². The molecule has 1 aromatic carbocycles. The Labute approximate surface area is 112 Å². The summed E-state index contributed by atoms with van der Waals surface area (Å²) in [5, 5.41) is 10.8. The Morgan fingerprint density at radius 1 is 1.39 bits per heavy atom. The van der Waals surface area contributed by atoms with E-state index in [2.05, 4.69) is 47.3 Å². The lowest BCUT2D eigenvalue weighted by Gasteiger charge is -2.30. The summed E-state index contributed by atoms with van der Waals surface area (Å²) in [5.41, 5.74) is 1.48. The molecule has 2 unspecified atom stereocenters. The third-order valence-electron chi connectivity index (χ3n) is 3.96. The minimum absolute atomic E-state index is 0.481. The van der Waals surface area contributed by atoms with Crippen molar-refractivity contribution >= 4 is 21.4 Å². The molecule has 2 nitrogen and oxygen atoms in total. The van der Waals surface area contributed by atoms with E-state index >= 15 is 0 Å². The number of fused-ring (bicyclic) bond motifs is 1. The van der Waals surface area contributed by atoms with Crippen molar-refractivity contribution in [1.82, 2.24) is 10.6 Å². The first kappa shape index (κ1) is 12.2. The third kappa shape index (κ3) is 2.18. The molecule has 0 spiro atoms. The molecule has 3 rings (SSSR count). The summed E-state index contributed by atoms with van der Waals surface area (Å²) >= 11 is 1.86. The van der Waals surface area contributed by atoms with Crippen LogP contribution in [-0.2, 0) is 0 Å². The predicted octanol–water partition coefficient (Wildman–Crippen LogP) is 3.16. The number of hydrogen-bond donors (Lipinski definition) is 2. The zero-order chi connectivity index (χ0) is 12.4. The first-order chi connectivity index (χ1) is 8.90. The second-order valence-electron chi connectivity index (χ2n) is 5.06. The van der Waals surface area contributed by atoms with Crippen LogP contribution in [0.25, 0.3) is 10.1 Å². The normalized spacial score (nSPS) is 22.2. The standard InChI is InChI=1S/C15H20N2S/c1-16-15(11-5-4-8-17-9-11)13-10-18-14-7-3-2-6-12(13)14/h2-3,6-7,10-11,15-17H,4-5,8-9H2,1H3. The predicted molar refractivity (Wildman–Crippen MR) is 79.2 cm³/mol. The Kier molecular flexibility index (Phi) is 3.64. The average molecular weight is 260 g/mol. The molecule has 2 N–H and O–H groups in total. The molecule has 96 valence electrons. The van der Waals surface area contributed by atoms with Gasteiger partial charge in [-0.1, -0.05) is 18.2 Å². The SMILES string of the molecule is CNC(c1csc2ccccc12)C1CCCNC1. The summed E-state index contributed by atoms with van der Waals surface area (Å²) in [7, 11) is 2.09. The molecule has 1 aromatic heterocycles. The van der Waals surface area contributed by atoms with Crippen molar-refractivity contribution in [3.8, 4) is 0 Å². The van der Waals surface area contributed by atoms with Gasteiger partial charge in [0.05, 0.1) is 0 Å². The van der Waals surface area contributed by atoms with Crippen molar-refractivity contribution in [1.29, 1.82) is 0 Å². The molecular formula is C15H20N2S. The minimum Gasteiger partial charge on any atom is -0.316 e. The molecule has 1 saturated heterocycles. The number of nitrogens with one attached hydrogen (secondary N) is 2. The van der Waals surface area contributed by atoms with Gasteiger partial charge < -0.3 is 10.6 Å². The largest absolute Gasteiger partial charge is 0.316 e. The fourth-order valence-electron chi connectivity index (χ4n) is 3.05. The first-order valence-corrected chi connectivity index (χ1v) is 7.62. The third-order valence-corrected chi connectivity index (χ3v) is 4.95. The molecule has 1 fully saturated rings. The summed E-state index contributed by atoms with van der Waals surface area (Å²) in [5.74, 6) is 0.710. The van der Waals surface area contributed by atoms with E-state index in [9.17, 15) is 0 Å². The highest BCUT2D eigenvalue weighted by Crippen LogP contribution is 2.35. The van der Waals surface area contributed by atoms with Crippen LogP contribution < -0.4 is 10.6 Å². The maximum Gasteiger partial charge on any atom is 0.0372 e. The second kappa shape index (κ2) is 5.39. The van der Waals surface area contributed by atoms with Crippen LogP contribution >= 0.6 is 11.3 Å². The van der Waals surface area contributed by atoms with Crippen LogP contribution in [0.3, 0.4) is 0 Å². The zero-order valence-corrected chi connectivity index (χ0v) is 11.6. The molecule has 0 radical (unpaired) electrons. The van der Waals surface area contributed by atoms with Gasteiger partial charge in [-0.15, -0.1) is 11.3 Å². The molecule has 1 aliphatic rings. The number of thiophene rings is 1. The number of rotatable bonds is 3. The van der Waals surface area contributed by atoms with Crippen molar-refractivity contribution in [2.75, 3.05) is 20.1 Å². The van der Waals surface area contributed by atoms with Crippen molar-refractivity contribution < 1.29 is 0 Å². The van der Waals surface area contributed by atoms with E-state index < -0.39 is 0 Å². The number of piperidine rings is 1. The molecule has 2 aromatic rings. The number of benzene rings is 1. The molecule has 2 heterocycles. The highest BCUT2D eigenvalue weighted by Gasteiger charge is 2.25. The van der Waals surface area contributed by atoms with E-state index in [1.165, 1.54) is 35.0 Å². The molecule has 3 heteroatoms. The molecule has 0 amide bonds. The van der Waals surface area contributed by atoms with Gasteiger partial charge in [-0.3, -0.25) is 0 Å². The molecule has 0 aliphatic carbocycles. The van der Waals surface area contributed by atoms with Gasteiger partial charge in [-0.25, -0.2) is 0 Å². The van der Waals surface area contributed by atoms with Crippen LogP contribution in [0.4, 0.5) is 0 Å². The van der Waals surface area contributed by atoms with Crippen molar-refractivity contribution in [3.63, 3.8) is 0 Å². The van der Waals surface area contributed by atoms with E-state index in [1.807, 2.05) is 11.3 Å². The van der Waals surface area contributed by atoms with Crippen LogP contribution in [0, 0.1) is 5.92 Å². The fraction of sp³-hybridized carbons (Fsp3) is 0.467. The van der Waals surface area contributed by atoms with Crippen molar-refractivity contribution in [3.05, 3.63) is 35.2 Å². The van der Waals surface area contributed by atoms with Gasteiger partial charge in [0.1, 0.15) is 0 Å². The summed E-state index contributed by atoms with van der Waals surface area (Å²) in [6.07, 6.45) is 2.62. The quantitative estimate of drug-likeness (QED) is 0.886. The van der Waals surface area contributed by atoms with Gasteiger partial charge in [0.15, 0.2) is 0 Å². The van der Waals surface area contributed by atoms with Crippen molar-refractivity contribution in [2.24, 2.45) is 5.92 Å². The highest BCUT2D eigenvalue weighted by atomic mass is 32.1. The lowest BCUT2D eigenvalue weighted by atomic mass is 9.87. The lowest BCUT2D eigenvalue weighted by molar-refractivity contribution is 0.300. The molecule has 2 atom stereocenters. The minimum atomic E-state index is 0.481. The fourth-order valence-corrected chi connectivity index (χ4v) is 4.05. The first-order valence-electron chi connectivity index (χ1n) is 6.74. The van der Waals surface area contributed by atoms with E-state index in [-0.39, 0.29) is 0 Å². The van der Waals surface area contributed by atoms with Crippen LogP contribution in [0.5, 0.6) is 0 Å². The van der Waals surface area contributed by atoms with Gasteiger partial charge in [0.25, 0.3) is 0 Å². The van der Waals surface area contributed by atoms with Crippen LogP contribution in [0.2, 0.25) is 0 Å². The summed E-state index contributed by atoms with van der Waals surface area (Å²) < 4.78 is 1.40. The Morgan fingerprint density at radius 2 is 2.28 bits per heavy atom. The maximum absolute atomic E-state index is 3.53. The topological polar surface area (TPSA) is 24.1 Å². The smallest absolute Gasteiger partial charge is 0.0372 e. The van der Waals surface area contributed by atoms with E-state index in [4.69, 9.17) is 0 Å². The number of hydrogen-bond acceptors (Lipinski definition) is 3. The molecule has 0 bridgehead atoms. The monoisotopic (exact) mass is 260 g/mol.